The lowest BCUT2D eigenvalue weighted by atomic mass is 10.1. The van der Waals surface area contributed by atoms with Crippen LogP contribution < -0.4 is 0 Å². The van der Waals surface area contributed by atoms with E-state index in [9.17, 15) is 32.7 Å². The Morgan fingerprint density at radius 3 is 2.20 bits per heavy atom. The van der Waals surface area contributed by atoms with E-state index in [2.05, 4.69) is 13.2 Å². The molecule has 1 aliphatic rings. The van der Waals surface area contributed by atoms with Gasteiger partial charge in [-0.1, -0.05) is 49.9 Å². The highest BCUT2D eigenvalue weighted by Gasteiger charge is 2.23. The second kappa shape index (κ2) is 15.8. The molecule has 2 rings (SSSR count). The molecule has 0 radical (unpaired) electrons. The summed E-state index contributed by atoms with van der Waals surface area (Å²) in [6, 6.07) is 6.19. The Hall–Kier alpha value is -3.83. The van der Waals surface area contributed by atoms with Gasteiger partial charge in [-0.15, -0.1) is 0 Å². The smallest absolute Gasteiger partial charge is 0.341 e. The molecule has 0 spiro atoms. The fraction of sp³-hybridized carbons (Fsp3) is 0.400. The summed E-state index contributed by atoms with van der Waals surface area (Å²) < 4.78 is 40.5. The lowest BCUT2D eigenvalue weighted by Gasteiger charge is -2.09. The van der Waals surface area contributed by atoms with Gasteiger partial charge in [0.2, 0.25) is 0 Å². The average molecular weight is 589 g/mol. The van der Waals surface area contributed by atoms with E-state index in [0.717, 1.165) is 11.6 Å². The summed E-state index contributed by atoms with van der Waals surface area (Å²) in [6.07, 6.45) is 3.60. The first kappa shape index (κ1) is 33.4. The molecule has 0 bridgehead atoms. The van der Waals surface area contributed by atoms with Crippen molar-refractivity contribution in [3.05, 3.63) is 77.4 Å². The van der Waals surface area contributed by atoms with Crippen LogP contribution in [-0.4, -0.2) is 62.5 Å². The van der Waals surface area contributed by atoms with Gasteiger partial charge in [0.15, 0.2) is 9.84 Å². The summed E-state index contributed by atoms with van der Waals surface area (Å²) in [5.74, 6) is -4.34. The van der Waals surface area contributed by atoms with Gasteiger partial charge in [0, 0.05) is 22.3 Å². The van der Waals surface area contributed by atoms with E-state index < -0.39 is 39.5 Å². The van der Waals surface area contributed by atoms with Gasteiger partial charge in [-0.05, 0) is 57.6 Å². The second-order valence-electron chi connectivity index (χ2n) is 9.54. The van der Waals surface area contributed by atoms with Crippen molar-refractivity contribution >= 4 is 33.7 Å². The van der Waals surface area contributed by atoms with Gasteiger partial charge < -0.3 is 19.3 Å². The Kier molecular flexibility index (Phi) is 12.9. The number of hydrogen-bond acceptors (Lipinski definition) is 9. The molecule has 0 aliphatic carbocycles. The number of carboxylic acids is 1. The van der Waals surface area contributed by atoms with Crippen molar-refractivity contribution in [1.82, 2.24) is 0 Å². The molecule has 1 atom stereocenters. The maximum absolute atomic E-state index is 12.7. The summed E-state index contributed by atoms with van der Waals surface area (Å²) in [5, 5.41) is 9.64. The van der Waals surface area contributed by atoms with Crippen LogP contribution in [-0.2, 0) is 43.2 Å². The Labute approximate surface area is 240 Å². The highest BCUT2D eigenvalue weighted by Crippen LogP contribution is 2.19. The van der Waals surface area contributed by atoms with Crippen molar-refractivity contribution in [2.45, 2.75) is 63.4 Å². The predicted octanol–water partition coefficient (Wildman–Crippen LogP) is 4.19. The van der Waals surface area contributed by atoms with Gasteiger partial charge in [0.25, 0.3) is 0 Å². The molecule has 11 heteroatoms. The lowest BCUT2D eigenvalue weighted by Crippen LogP contribution is -2.16. The molecule has 222 valence electrons. The molecule has 41 heavy (non-hydrogen) atoms. The van der Waals surface area contributed by atoms with Crippen molar-refractivity contribution < 1.29 is 46.9 Å². The molecule has 1 N–H and O–H groups in total. The standard InChI is InChI=1S/C30H36O10S/c1-5-21(3)29(34)40-30(35)24(7-6-17-38-28(33)22(4)10-13-25-19-39-25)12-11-23(27(31)32)16-18-41(36,37)26-14-8-20(2)9-15-26/h8-9,11-12,14-15,25H,3-7,10,13,16-19H2,1-2H3,(H,31,32). The molecule has 1 fully saturated rings. The molecular weight excluding hydrogens is 552 g/mol. The molecule has 0 amide bonds. The van der Waals surface area contributed by atoms with Crippen LogP contribution in [0.2, 0.25) is 0 Å². The molecule has 10 nitrogen and oxygen atoms in total. The highest BCUT2D eigenvalue weighted by atomic mass is 32.2. The van der Waals surface area contributed by atoms with Gasteiger partial charge in [-0.25, -0.2) is 27.6 Å². The lowest BCUT2D eigenvalue weighted by molar-refractivity contribution is -0.154. The molecule has 1 unspecified atom stereocenters. The fourth-order valence-electron chi connectivity index (χ4n) is 3.39. The topological polar surface area (TPSA) is 154 Å². The zero-order valence-electron chi connectivity index (χ0n) is 23.3. The number of carboxylic acid groups (broad SMARTS) is 1. The molecule has 0 aromatic heterocycles. The minimum absolute atomic E-state index is 0.0224. The van der Waals surface area contributed by atoms with Crippen LogP contribution in [0, 0.1) is 6.92 Å². The van der Waals surface area contributed by atoms with E-state index >= 15 is 0 Å². The van der Waals surface area contributed by atoms with Gasteiger partial charge >= 0.3 is 23.9 Å². The summed E-state index contributed by atoms with van der Waals surface area (Å²) in [6.45, 7) is 11.3. The van der Waals surface area contributed by atoms with Crippen LogP contribution in [0.15, 0.2) is 76.8 Å². The number of rotatable bonds is 17. The third-order valence-electron chi connectivity index (χ3n) is 6.23. The molecular formula is C30H36O10S. The van der Waals surface area contributed by atoms with Crippen molar-refractivity contribution in [3.8, 4) is 0 Å². The number of ether oxygens (including phenoxy) is 3. The van der Waals surface area contributed by atoms with E-state index in [0.29, 0.717) is 25.0 Å². The SMILES string of the molecule is C=C(CCC1CO1)C(=O)OCCCC(=CC=C(CCS(=O)(=O)c1ccc(C)cc1)C(=O)O)C(=O)OC(=O)C(=C)CC. The van der Waals surface area contributed by atoms with E-state index in [4.69, 9.17) is 14.2 Å². The Balaban J connectivity index is 2.11. The summed E-state index contributed by atoms with van der Waals surface area (Å²) in [4.78, 5) is 48.8. The summed E-state index contributed by atoms with van der Waals surface area (Å²) >= 11 is 0. The number of epoxide rings is 1. The number of benzene rings is 1. The van der Waals surface area contributed by atoms with Crippen molar-refractivity contribution in [3.63, 3.8) is 0 Å². The van der Waals surface area contributed by atoms with Crippen LogP contribution in [0.4, 0.5) is 0 Å². The van der Waals surface area contributed by atoms with Crippen molar-refractivity contribution in [2.75, 3.05) is 19.0 Å². The minimum Gasteiger partial charge on any atom is -0.478 e. The van der Waals surface area contributed by atoms with Crippen LogP contribution in [0.5, 0.6) is 0 Å². The minimum atomic E-state index is -3.76. The Morgan fingerprint density at radius 2 is 1.61 bits per heavy atom. The number of sulfone groups is 1. The van der Waals surface area contributed by atoms with Crippen LogP contribution >= 0.6 is 0 Å². The Bertz CT molecular complexity index is 1330. The number of aliphatic carboxylic acids is 1. The molecule has 1 saturated heterocycles. The fourth-order valence-corrected chi connectivity index (χ4v) is 4.67. The number of aryl methyl sites for hydroxylation is 1. The average Bonchev–Trinajstić information content (AvgIpc) is 3.76. The van der Waals surface area contributed by atoms with E-state index in [-0.39, 0.29) is 60.0 Å². The van der Waals surface area contributed by atoms with Crippen LogP contribution in [0.3, 0.4) is 0 Å². The van der Waals surface area contributed by atoms with Crippen LogP contribution in [0.1, 0.15) is 51.0 Å². The number of carbonyl (C=O) groups is 4. The number of allylic oxidation sites excluding steroid dienone is 2. The van der Waals surface area contributed by atoms with Gasteiger partial charge in [0.05, 0.1) is 30.0 Å². The predicted molar refractivity (Wildman–Crippen MR) is 150 cm³/mol. The van der Waals surface area contributed by atoms with Crippen molar-refractivity contribution in [2.24, 2.45) is 0 Å². The number of esters is 3. The van der Waals surface area contributed by atoms with E-state index in [1.165, 1.54) is 18.2 Å². The van der Waals surface area contributed by atoms with Crippen molar-refractivity contribution in [1.29, 1.82) is 0 Å². The maximum Gasteiger partial charge on any atom is 0.341 e. The first-order valence-electron chi connectivity index (χ1n) is 13.2. The number of hydrogen-bond donors (Lipinski definition) is 1. The largest absolute Gasteiger partial charge is 0.478 e. The van der Waals surface area contributed by atoms with Crippen LogP contribution in [0.25, 0.3) is 0 Å². The molecule has 1 aromatic rings. The van der Waals surface area contributed by atoms with Gasteiger partial charge in [0.1, 0.15) is 0 Å². The monoisotopic (exact) mass is 588 g/mol. The quantitative estimate of drug-likeness (QED) is 0.0700. The zero-order chi connectivity index (χ0) is 30.6. The maximum atomic E-state index is 12.7. The van der Waals surface area contributed by atoms with Gasteiger partial charge in [-0.2, -0.15) is 0 Å². The normalized spacial score (nSPS) is 15.1. The molecule has 0 saturated carbocycles. The molecule has 1 heterocycles. The summed E-state index contributed by atoms with van der Waals surface area (Å²) in [5.41, 5.74) is 0.920. The highest BCUT2D eigenvalue weighted by molar-refractivity contribution is 7.91. The number of carbonyl (C=O) groups excluding carboxylic acids is 3. The van der Waals surface area contributed by atoms with E-state index in [1.807, 2.05) is 6.92 Å². The molecule has 1 aliphatic heterocycles. The van der Waals surface area contributed by atoms with Gasteiger partial charge in [-0.3, -0.25) is 0 Å². The first-order valence-corrected chi connectivity index (χ1v) is 14.8. The third-order valence-corrected chi connectivity index (χ3v) is 7.96. The summed E-state index contributed by atoms with van der Waals surface area (Å²) in [7, 11) is -3.76. The second-order valence-corrected chi connectivity index (χ2v) is 11.7. The third kappa shape index (κ3) is 11.7. The first-order chi connectivity index (χ1) is 19.3. The zero-order valence-corrected chi connectivity index (χ0v) is 24.2. The Morgan fingerprint density at radius 1 is 0.976 bits per heavy atom. The molecule has 1 aromatic carbocycles. The van der Waals surface area contributed by atoms with E-state index in [1.54, 1.807) is 19.1 Å².